The van der Waals surface area contributed by atoms with Gasteiger partial charge in [-0.1, -0.05) is 36.8 Å². The summed E-state index contributed by atoms with van der Waals surface area (Å²) < 4.78 is 6.51. The van der Waals surface area contributed by atoms with Crippen LogP contribution in [0, 0.1) is 0 Å². The molecule has 2 fully saturated rings. The molecule has 7 nitrogen and oxygen atoms in total. The lowest BCUT2D eigenvalue weighted by Crippen LogP contribution is -2.52. The van der Waals surface area contributed by atoms with Crippen LogP contribution in [0.5, 0.6) is 5.75 Å². The Balaban J connectivity index is 1.28. The van der Waals surface area contributed by atoms with E-state index in [9.17, 15) is 14.4 Å². The average molecular weight is 462 g/mol. The minimum Gasteiger partial charge on any atom is -0.489 e. The van der Waals surface area contributed by atoms with E-state index in [2.05, 4.69) is 41.5 Å². The van der Waals surface area contributed by atoms with E-state index >= 15 is 0 Å². The largest absolute Gasteiger partial charge is 0.489 e. The first-order valence-corrected chi connectivity index (χ1v) is 12.2. The molecule has 0 aromatic heterocycles. The van der Waals surface area contributed by atoms with E-state index in [1.807, 2.05) is 24.3 Å². The molecular formula is C27H31N3O4. The van der Waals surface area contributed by atoms with E-state index in [0.717, 1.165) is 37.1 Å². The summed E-state index contributed by atoms with van der Waals surface area (Å²) in [6.07, 6.45) is 5.15. The lowest BCUT2D eigenvalue weighted by Gasteiger charge is -2.38. The summed E-state index contributed by atoms with van der Waals surface area (Å²) in [6, 6.07) is 15.8. The topological polar surface area (TPSA) is 79.0 Å². The number of carbonyl (C=O) groups excluding carboxylic acids is 3. The van der Waals surface area contributed by atoms with Gasteiger partial charge in [-0.25, -0.2) is 0 Å². The van der Waals surface area contributed by atoms with Crippen LogP contribution in [0.25, 0.3) is 0 Å². The van der Waals surface area contributed by atoms with Gasteiger partial charge in [0.25, 0.3) is 5.91 Å². The number of hydrogen-bond donors (Lipinski definition) is 1. The normalized spacial score (nSPS) is 24.8. The molecule has 0 bridgehead atoms. The fourth-order valence-corrected chi connectivity index (χ4v) is 5.51. The van der Waals surface area contributed by atoms with Gasteiger partial charge in [0.15, 0.2) is 0 Å². The van der Waals surface area contributed by atoms with Gasteiger partial charge in [-0.15, -0.1) is 0 Å². The number of nitrogens with one attached hydrogen (secondary N) is 1. The van der Waals surface area contributed by atoms with Crippen molar-refractivity contribution < 1.29 is 19.1 Å². The minimum atomic E-state index is -0.601. The summed E-state index contributed by atoms with van der Waals surface area (Å²) in [7, 11) is 2.17. The number of ether oxygens (including phenoxy) is 1. The summed E-state index contributed by atoms with van der Waals surface area (Å²) in [5.41, 5.74) is 2.77. The van der Waals surface area contributed by atoms with Crippen molar-refractivity contribution in [2.45, 2.75) is 69.8 Å². The molecule has 0 spiro atoms. The lowest BCUT2D eigenvalue weighted by molar-refractivity contribution is -0.136. The zero-order valence-corrected chi connectivity index (χ0v) is 19.5. The van der Waals surface area contributed by atoms with Crippen molar-refractivity contribution >= 4 is 17.7 Å². The van der Waals surface area contributed by atoms with E-state index in [1.165, 1.54) is 12.0 Å². The van der Waals surface area contributed by atoms with Crippen molar-refractivity contribution in [3.05, 3.63) is 65.2 Å². The molecule has 1 N–H and O–H groups in total. The van der Waals surface area contributed by atoms with Crippen molar-refractivity contribution in [3.63, 3.8) is 0 Å². The standard InChI is InChI=1S/C27H31N3O4/c1-29(16-18-7-3-2-4-8-18)22-9-5-6-10-24(22)34-20-11-12-21-19(15-20)17-30(27(21)33)23-13-14-25(31)28-26(23)32/h2-4,7-8,11-12,15,22-24H,5-6,9-10,13-14,16-17H2,1H3,(H,28,31,32)/t22-,23?,24-/m0/s1. The second-order valence-corrected chi connectivity index (χ2v) is 9.63. The molecular weight excluding hydrogens is 430 g/mol. The molecule has 2 aliphatic heterocycles. The van der Waals surface area contributed by atoms with E-state index in [0.29, 0.717) is 24.6 Å². The number of rotatable bonds is 6. The second kappa shape index (κ2) is 9.58. The predicted molar refractivity (Wildman–Crippen MR) is 127 cm³/mol. The molecule has 5 rings (SSSR count). The van der Waals surface area contributed by atoms with E-state index in [4.69, 9.17) is 4.74 Å². The SMILES string of the molecule is CN(Cc1ccccc1)[C@H]1CCCC[C@@H]1Oc1ccc2c(c1)CN(C1CCC(=O)NC1=O)C2=O. The van der Waals surface area contributed by atoms with Gasteiger partial charge in [0.1, 0.15) is 17.9 Å². The molecule has 2 heterocycles. The maximum absolute atomic E-state index is 13.0. The number of fused-ring (bicyclic) bond motifs is 1. The molecule has 1 aliphatic carbocycles. The number of imide groups is 1. The first-order valence-electron chi connectivity index (χ1n) is 12.2. The number of likely N-dealkylation sites (N-methyl/N-ethyl adjacent to an activating group) is 1. The summed E-state index contributed by atoms with van der Waals surface area (Å²) >= 11 is 0. The number of piperidine rings is 1. The average Bonchev–Trinajstić information content (AvgIpc) is 3.15. The van der Waals surface area contributed by atoms with Crippen LogP contribution in [0.2, 0.25) is 0 Å². The number of carbonyl (C=O) groups is 3. The highest BCUT2D eigenvalue weighted by molar-refractivity contribution is 6.05. The third-order valence-electron chi connectivity index (χ3n) is 7.29. The Morgan fingerprint density at radius 1 is 1.03 bits per heavy atom. The number of benzene rings is 2. The van der Waals surface area contributed by atoms with Crippen LogP contribution < -0.4 is 10.1 Å². The monoisotopic (exact) mass is 461 g/mol. The Morgan fingerprint density at radius 2 is 1.82 bits per heavy atom. The van der Waals surface area contributed by atoms with Gasteiger partial charge in [-0.3, -0.25) is 24.6 Å². The third kappa shape index (κ3) is 4.57. The zero-order valence-electron chi connectivity index (χ0n) is 19.5. The fraction of sp³-hybridized carbons (Fsp3) is 0.444. The smallest absolute Gasteiger partial charge is 0.255 e. The van der Waals surface area contributed by atoms with Crippen molar-refractivity contribution in [3.8, 4) is 5.75 Å². The summed E-state index contributed by atoms with van der Waals surface area (Å²) in [6.45, 7) is 1.24. The maximum atomic E-state index is 13.0. The zero-order chi connectivity index (χ0) is 23.7. The molecule has 3 amide bonds. The molecule has 1 unspecified atom stereocenters. The third-order valence-corrected chi connectivity index (χ3v) is 7.29. The molecule has 34 heavy (non-hydrogen) atoms. The van der Waals surface area contributed by atoms with Crippen LogP contribution in [-0.2, 0) is 22.7 Å². The lowest BCUT2D eigenvalue weighted by atomic mass is 9.91. The summed E-state index contributed by atoms with van der Waals surface area (Å²) in [4.78, 5) is 40.7. The van der Waals surface area contributed by atoms with Crippen molar-refractivity contribution in [2.24, 2.45) is 0 Å². The van der Waals surface area contributed by atoms with Crippen molar-refractivity contribution in [1.29, 1.82) is 0 Å². The highest BCUT2D eigenvalue weighted by atomic mass is 16.5. The highest BCUT2D eigenvalue weighted by Crippen LogP contribution is 2.33. The predicted octanol–water partition coefficient (Wildman–Crippen LogP) is 3.27. The molecule has 0 radical (unpaired) electrons. The van der Waals surface area contributed by atoms with Crippen LogP contribution in [0.3, 0.4) is 0 Å². The molecule has 2 aromatic carbocycles. The molecule has 1 saturated carbocycles. The van der Waals surface area contributed by atoms with Crippen molar-refractivity contribution in [2.75, 3.05) is 7.05 Å². The van der Waals surface area contributed by atoms with Gasteiger partial charge >= 0.3 is 0 Å². The highest BCUT2D eigenvalue weighted by Gasteiger charge is 2.39. The fourth-order valence-electron chi connectivity index (χ4n) is 5.51. The minimum absolute atomic E-state index is 0.0869. The van der Waals surface area contributed by atoms with Gasteiger partial charge in [0.2, 0.25) is 11.8 Å². The Hall–Kier alpha value is -3.19. The second-order valence-electron chi connectivity index (χ2n) is 9.63. The van der Waals surface area contributed by atoms with Crippen LogP contribution >= 0.6 is 0 Å². The number of nitrogens with zero attached hydrogens (tertiary/aromatic N) is 2. The summed E-state index contributed by atoms with van der Waals surface area (Å²) in [5, 5.41) is 2.35. The van der Waals surface area contributed by atoms with Crippen LogP contribution in [-0.4, -0.2) is 52.8 Å². The molecule has 7 heteroatoms. The van der Waals surface area contributed by atoms with E-state index in [1.54, 1.807) is 4.90 Å². The Labute approximate surface area is 200 Å². The van der Waals surface area contributed by atoms with Crippen LogP contribution in [0.4, 0.5) is 0 Å². The Morgan fingerprint density at radius 3 is 2.62 bits per heavy atom. The Kier molecular flexibility index (Phi) is 6.37. The van der Waals surface area contributed by atoms with E-state index < -0.39 is 6.04 Å². The van der Waals surface area contributed by atoms with Crippen LogP contribution in [0.15, 0.2) is 48.5 Å². The first-order chi connectivity index (χ1) is 16.5. The van der Waals surface area contributed by atoms with Crippen molar-refractivity contribution in [1.82, 2.24) is 15.1 Å². The van der Waals surface area contributed by atoms with Gasteiger partial charge in [-0.2, -0.15) is 0 Å². The molecule has 3 aliphatic rings. The molecule has 1 saturated heterocycles. The summed E-state index contributed by atoms with van der Waals surface area (Å²) in [5.74, 6) is -0.0587. The maximum Gasteiger partial charge on any atom is 0.255 e. The quantitative estimate of drug-likeness (QED) is 0.668. The Bertz CT molecular complexity index is 1090. The van der Waals surface area contributed by atoms with Gasteiger partial charge in [0.05, 0.1) is 0 Å². The van der Waals surface area contributed by atoms with Gasteiger partial charge in [0, 0.05) is 31.1 Å². The number of amides is 3. The molecule has 178 valence electrons. The van der Waals surface area contributed by atoms with Gasteiger partial charge < -0.3 is 9.64 Å². The number of hydrogen-bond acceptors (Lipinski definition) is 5. The van der Waals surface area contributed by atoms with Gasteiger partial charge in [-0.05, 0) is 62.1 Å². The first kappa shape index (κ1) is 22.6. The molecule has 3 atom stereocenters. The van der Waals surface area contributed by atoms with E-state index in [-0.39, 0.29) is 30.2 Å². The molecule has 2 aromatic rings. The van der Waals surface area contributed by atoms with Crippen LogP contribution in [0.1, 0.15) is 60.0 Å².